The maximum atomic E-state index is 13.1. The first-order valence-electron chi connectivity index (χ1n) is 15.9. The van der Waals surface area contributed by atoms with Crippen molar-refractivity contribution in [1.29, 1.82) is 0 Å². The quantitative estimate of drug-likeness (QED) is 0.0842. The zero-order chi connectivity index (χ0) is 33.7. The van der Waals surface area contributed by atoms with Gasteiger partial charge in [-0.05, 0) is 82.3 Å². The zero-order valence-electron chi connectivity index (χ0n) is 27.2. The van der Waals surface area contributed by atoms with Crippen molar-refractivity contribution >= 4 is 16.9 Å². The SMILES string of the molecule is CC/C(=C(\c1ccc(OCC(=O)c2ccc(OCc3ccccc3)c(OC)c2)cc1)c1ccc(OCC(O)CO)cc1)c1ccccc1. The molecule has 0 radical (unpaired) electrons. The summed E-state index contributed by atoms with van der Waals surface area (Å²) in [5, 5.41) is 18.7. The van der Waals surface area contributed by atoms with E-state index in [9.17, 15) is 9.90 Å². The van der Waals surface area contributed by atoms with E-state index in [1.165, 1.54) is 5.57 Å². The normalized spacial score (nSPS) is 12.1. The van der Waals surface area contributed by atoms with Crippen LogP contribution in [0.25, 0.3) is 11.1 Å². The molecule has 7 nitrogen and oxygen atoms in total. The summed E-state index contributed by atoms with van der Waals surface area (Å²) < 4.78 is 23.0. The van der Waals surface area contributed by atoms with Gasteiger partial charge in [0.05, 0.1) is 13.7 Å². The second-order valence-corrected chi connectivity index (χ2v) is 11.1. The predicted molar refractivity (Wildman–Crippen MR) is 188 cm³/mol. The lowest BCUT2D eigenvalue weighted by atomic mass is 9.88. The number of ketones is 1. The van der Waals surface area contributed by atoms with E-state index in [1.807, 2.05) is 97.1 Å². The van der Waals surface area contributed by atoms with Crippen LogP contribution < -0.4 is 18.9 Å². The molecule has 0 amide bonds. The van der Waals surface area contributed by atoms with Gasteiger partial charge < -0.3 is 29.2 Å². The number of aliphatic hydroxyl groups is 2. The molecule has 5 aromatic rings. The molecule has 0 aliphatic rings. The first-order valence-corrected chi connectivity index (χ1v) is 15.9. The Morgan fingerprint density at radius 2 is 1.25 bits per heavy atom. The van der Waals surface area contributed by atoms with Crippen LogP contribution >= 0.6 is 0 Å². The van der Waals surface area contributed by atoms with E-state index in [0.717, 1.165) is 34.2 Å². The molecule has 0 spiro atoms. The molecule has 0 heterocycles. The van der Waals surface area contributed by atoms with Crippen molar-refractivity contribution in [2.24, 2.45) is 0 Å². The van der Waals surface area contributed by atoms with Crippen LogP contribution in [0.15, 0.2) is 127 Å². The lowest BCUT2D eigenvalue weighted by molar-refractivity contribution is 0.0536. The molecule has 7 heteroatoms. The van der Waals surface area contributed by atoms with Crippen LogP contribution in [0.5, 0.6) is 23.0 Å². The molecule has 0 aliphatic heterocycles. The molecule has 1 atom stereocenters. The minimum atomic E-state index is -0.936. The summed E-state index contributed by atoms with van der Waals surface area (Å²) in [7, 11) is 1.55. The fraction of sp³-hybridized carbons (Fsp3) is 0.195. The van der Waals surface area contributed by atoms with Crippen LogP contribution in [-0.2, 0) is 6.61 Å². The van der Waals surface area contributed by atoms with Crippen molar-refractivity contribution in [3.05, 3.63) is 155 Å². The zero-order valence-corrected chi connectivity index (χ0v) is 27.2. The highest BCUT2D eigenvalue weighted by atomic mass is 16.5. The van der Waals surface area contributed by atoms with Gasteiger partial charge in [0.1, 0.15) is 30.8 Å². The third kappa shape index (κ3) is 8.91. The lowest BCUT2D eigenvalue weighted by Crippen LogP contribution is -2.21. The molecule has 5 aromatic carbocycles. The van der Waals surface area contributed by atoms with Crippen molar-refractivity contribution in [3.8, 4) is 23.0 Å². The summed E-state index contributed by atoms with van der Waals surface area (Å²) >= 11 is 0. The first kappa shape index (κ1) is 34.0. The highest BCUT2D eigenvalue weighted by Gasteiger charge is 2.16. The van der Waals surface area contributed by atoms with Crippen molar-refractivity contribution in [1.82, 2.24) is 0 Å². The summed E-state index contributed by atoms with van der Waals surface area (Å²) in [5.74, 6) is 2.03. The van der Waals surface area contributed by atoms with E-state index in [4.69, 9.17) is 24.1 Å². The maximum absolute atomic E-state index is 13.1. The topological polar surface area (TPSA) is 94.5 Å². The van der Waals surface area contributed by atoms with Crippen LogP contribution in [0, 0.1) is 0 Å². The number of carbonyl (C=O) groups is 1. The average molecular weight is 645 g/mol. The van der Waals surface area contributed by atoms with Gasteiger partial charge >= 0.3 is 0 Å². The summed E-state index contributed by atoms with van der Waals surface area (Å²) in [6.07, 6.45) is -0.138. The molecule has 0 saturated heterocycles. The Bertz CT molecular complexity index is 1780. The summed E-state index contributed by atoms with van der Waals surface area (Å²) in [5.41, 5.74) is 6.86. The largest absolute Gasteiger partial charge is 0.493 e. The Labute approximate surface area is 281 Å². The number of rotatable bonds is 16. The molecule has 0 saturated carbocycles. The van der Waals surface area contributed by atoms with E-state index in [-0.39, 0.29) is 25.6 Å². The fourth-order valence-electron chi connectivity index (χ4n) is 5.29. The van der Waals surface area contributed by atoms with Gasteiger partial charge in [-0.15, -0.1) is 0 Å². The first-order chi connectivity index (χ1) is 23.5. The molecular formula is C41H40O7. The van der Waals surface area contributed by atoms with E-state index in [0.29, 0.717) is 35.2 Å². The number of aliphatic hydroxyl groups excluding tert-OH is 2. The van der Waals surface area contributed by atoms with Crippen LogP contribution in [0.1, 0.15) is 46.0 Å². The highest BCUT2D eigenvalue weighted by Crippen LogP contribution is 2.36. The number of hydrogen-bond acceptors (Lipinski definition) is 7. The number of carbonyl (C=O) groups excluding carboxylic acids is 1. The molecule has 2 N–H and O–H groups in total. The fourth-order valence-corrected chi connectivity index (χ4v) is 5.29. The number of ether oxygens (including phenoxy) is 4. The second-order valence-electron chi connectivity index (χ2n) is 11.1. The van der Waals surface area contributed by atoms with Crippen LogP contribution in [0.4, 0.5) is 0 Å². The molecular weight excluding hydrogens is 604 g/mol. The number of methoxy groups -OCH3 is 1. The summed E-state index contributed by atoms with van der Waals surface area (Å²) in [6, 6.07) is 40.7. The number of hydrogen-bond donors (Lipinski definition) is 2. The van der Waals surface area contributed by atoms with Gasteiger partial charge in [-0.1, -0.05) is 91.9 Å². The molecule has 0 aromatic heterocycles. The Balaban J connectivity index is 1.31. The molecule has 0 bridgehead atoms. The van der Waals surface area contributed by atoms with Gasteiger partial charge in [-0.3, -0.25) is 4.79 Å². The Morgan fingerprint density at radius 3 is 1.83 bits per heavy atom. The highest BCUT2D eigenvalue weighted by molar-refractivity contribution is 5.99. The van der Waals surface area contributed by atoms with Gasteiger partial charge in [0.2, 0.25) is 0 Å². The average Bonchev–Trinajstić information content (AvgIpc) is 3.15. The Kier molecular flexibility index (Phi) is 12.0. The number of Topliss-reactive ketones (excluding diaryl/α,β-unsaturated/α-hetero) is 1. The van der Waals surface area contributed by atoms with E-state index < -0.39 is 6.10 Å². The molecule has 0 aliphatic carbocycles. The lowest BCUT2D eigenvalue weighted by Gasteiger charge is -2.17. The van der Waals surface area contributed by atoms with Crippen molar-refractivity contribution < 1.29 is 34.0 Å². The van der Waals surface area contributed by atoms with E-state index in [2.05, 4.69) is 19.1 Å². The van der Waals surface area contributed by atoms with Gasteiger partial charge in [0.25, 0.3) is 0 Å². The third-order valence-corrected chi connectivity index (χ3v) is 7.81. The minimum Gasteiger partial charge on any atom is -0.493 e. The number of benzene rings is 5. The van der Waals surface area contributed by atoms with Crippen molar-refractivity contribution in [3.63, 3.8) is 0 Å². The van der Waals surface area contributed by atoms with E-state index in [1.54, 1.807) is 25.3 Å². The minimum absolute atomic E-state index is 0.00869. The second kappa shape index (κ2) is 17.0. The molecule has 0 fully saturated rings. The van der Waals surface area contributed by atoms with Gasteiger partial charge in [-0.25, -0.2) is 0 Å². The van der Waals surface area contributed by atoms with Crippen LogP contribution in [0.2, 0.25) is 0 Å². The third-order valence-electron chi connectivity index (χ3n) is 7.81. The van der Waals surface area contributed by atoms with Gasteiger partial charge in [-0.2, -0.15) is 0 Å². The molecule has 1 unspecified atom stereocenters. The maximum Gasteiger partial charge on any atom is 0.200 e. The monoisotopic (exact) mass is 644 g/mol. The number of allylic oxidation sites excluding steroid dienone is 1. The smallest absolute Gasteiger partial charge is 0.200 e. The Morgan fingerprint density at radius 1 is 0.667 bits per heavy atom. The van der Waals surface area contributed by atoms with E-state index >= 15 is 0 Å². The summed E-state index contributed by atoms with van der Waals surface area (Å²) in [4.78, 5) is 13.1. The van der Waals surface area contributed by atoms with Crippen LogP contribution in [0.3, 0.4) is 0 Å². The molecule has 5 rings (SSSR count). The van der Waals surface area contributed by atoms with Crippen molar-refractivity contribution in [2.75, 3.05) is 26.9 Å². The predicted octanol–water partition coefficient (Wildman–Crippen LogP) is 7.64. The summed E-state index contributed by atoms with van der Waals surface area (Å²) in [6.45, 7) is 2.04. The van der Waals surface area contributed by atoms with Gasteiger partial charge in [0.15, 0.2) is 23.9 Å². The Hall–Kier alpha value is -5.37. The molecule has 48 heavy (non-hydrogen) atoms. The molecule has 246 valence electrons. The standard InChI is InChI=1S/C41H40O7/c1-3-37(30-12-8-5-9-13-30)41(31-14-19-35(20-15-31)46-27-34(43)25-42)32-16-21-36(22-17-32)47-28-38(44)33-18-23-39(40(24-33)45-2)48-26-29-10-6-4-7-11-29/h4-24,34,42-43H,3,25-28H2,1-2H3/b41-37+. The van der Waals surface area contributed by atoms with Crippen LogP contribution in [-0.4, -0.2) is 49.0 Å². The van der Waals surface area contributed by atoms with Crippen molar-refractivity contribution in [2.45, 2.75) is 26.1 Å². The van der Waals surface area contributed by atoms with Gasteiger partial charge in [0, 0.05) is 5.56 Å².